The van der Waals surface area contributed by atoms with E-state index in [9.17, 15) is 14.4 Å². The van der Waals surface area contributed by atoms with Gasteiger partial charge >= 0.3 is 5.97 Å². The minimum Gasteiger partial charge on any atom is -0.457 e. The van der Waals surface area contributed by atoms with Gasteiger partial charge in [0.15, 0.2) is 6.61 Å². The van der Waals surface area contributed by atoms with Gasteiger partial charge in [0.25, 0.3) is 0 Å². The first-order valence-corrected chi connectivity index (χ1v) is 10.2. The van der Waals surface area contributed by atoms with Gasteiger partial charge in [-0.25, -0.2) is 0 Å². The third kappa shape index (κ3) is 4.16. The number of nitrogens with zero attached hydrogens (tertiary/aromatic N) is 1. The molecule has 0 saturated carbocycles. The lowest BCUT2D eigenvalue weighted by atomic mass is 10.1. The molecule has 0 N–H and O–H groups in total. The summed E-state index contributed by atoms with van der Waals surface area (Å²) in [4.78, 5) is 40.9. The van der Waals surface area contributed by atoms with Crippen LogP contribution in [0.3, 0.4) is 0 Å². The van der Waals surface area contributed by atoms with Crippen LogP contribution in [0.5, 0.6) is 0 Å². The number of aryl methyl sites for hydroxylation is 1. The average Bonchev–Trinajstić information content (AvgIpc) is 3.25. The second-order valence-electron chi connectivity index (χ2n) is 6.04. The van der Waals surface area contributed by atoms with Gasteiger partial charge in [-0.2, -0.15) is 0 Å². The smallest absolute Gasteiger partial charge is 0.311 e. The van der Waals surface area contributed by atoms with Crippen molar-refractivity contribution in [3.8, 4) is 0 Å². The number of esters is 1. The van der Waals surface area contributed by atoms with Gasteiger partial charge in [-0.05, 0) is 49.6 Å². The Kier molecular flexibility index (Phi) is 5.78. The Bertz CT molecular complexity index is 828. The van der Waals surface area contributed by atoms with E-state index in [0.717, 1.165) is 15.5 Å². The number of thioether (sulfide) groups is 1. The van der Waals surface area contributed by atoms with Crippen LogP contribution < -0.4 is 4.90 Å². The second-order valence-corrected chi connectivity index (χ2v) is 8.21. The minimum absolute atomic E-state index is 0.107. The Balaban J connectivity index is 1.57. The highest BCUT2D eigenvalue weighted by molar-refractivity contribution is 7.98. The lowest BCUT2D eigenvalue weighted by Gasteiger charge is -2.16. The van der Waals surface area contributed by atoms with Crippen LogP contribution in [-0.2, 0) is 14.3 Å². The van der Waals surface area contributed by atoms with Gasteiger partial charge < -0.3 is 9.64 Å². The van der Waals surface area contributed by atoms with Gasteiger partial charge in [-0.1, -0.05) is 0 Å². The van der Waals surface area contributed by atoms with E-state index in [1.165, 1.54) is 11.3 Å². The average molecular weight is 389 g/mol. The summed E-state index contributed by atoms with van der Waals surface area (Å²) in [6.45, 7) is 1.91. The summed E-state index contributed by atoms with van der Waals surface area (Å²) in [5, 5.41) is 0. The van der Waals surface area contributed by atoms with Gasteiger partial charge in [-0.3, -0.25) is 14.4 Å². The zero-order valence-electron chi connectivity index (χ0n) is 14.6. The van der Waals surface area contributed by atoms with Crippen molar-refractivity contribution >= 4 is 46.4 Å². The topological polar surface area (TPSA) is 63.7 Å². The summed E-state index contributed by atoms with van der Waals surface area (Å²) in [6.07, 6.45) is 2.09. The Morgan fingerprint density at radius 3 is 2.58 bits per heavy atom. The number of thiophene rings is 1. The molecule has 1 aliphatic rings. The molecule has 1 aromatic carbocycles. The van der Waals surface area contributed by atoms with Crippen molar-refractivity contribution in [1.82, 2.24) is 0 Å². The van der Waals surface area contributed by atoms with Crippen LogP contribution in [0.1, 0.15) is 21.0 Å². The summed E-state index contributed by atoms with van der Waals surface area (Å²) in [5.74, 6) is -1.36. The molecule has 1 fully saturated rings. The van der Waals surface area contributed by atoms with Crippen LogP contribution in [-0.4, -0.2) is 37.1 Å². The van der Waals surface area contributed by atoms with E-state index in [1.807, 2.05) is 43.5 Å². The minimum atomic E-state index is -0.541. The second kappa shape index (κ2) is 8.05. The molecule has 2 heterocycles. The fourth-order valence-electron chi connectivity index (χ4n) is 2.79. The number of carbonyl (C=O) groups excluding carboxylic acids is 3. The number of Topliss-reactive ketones (excluding diaryl/α,β-unsaturated/α-hetero) is 1. The molecule has 1 aromatic heterocycles. The van der Waals surface area contributed by atoms with Crippen molar-refractivity contribution in [2.75, 3.05) is 24.3 Å². The summed E-state index contributed by atoms with van der Waals surface area (Å²) in [6, 6.07) is 11.2. The Labute approximate surface area is 160 Å². The number of amides is 1. The van der Waals surface area contributed by atoms with Crippen LogP contribution in [0.2, 0.25) is 0 Å². The van der Waals surface area contributed by atoms with Gasteiger partial charge in [0, 0.05) is 28.4 Å². The molecule has 0 bridgehead atoms. The molecule has 1 amide bonds. The molecule has 5 nitrogen and oxygen atoms in total. The Hall–Kier alpha value is -2.12. The first-order valence-electron chi connectivity index (χ1n) is 8.18. The Morgan fingerprint density at radius 2 is 1.96 bits per heavy atom. The third-order valence-electron chi connectivity index (χ3n) is 4.20. The predicted molar refractivity (Wildman–Crippen MR) is 103 cm³/mol. The molecule has 0 aliphatic carbocycles. The molecule has 0 spiro atoms. The summed E-state index contributed by atoms with van der Waals surface area (Å²) in [5.41, 5.74) is 0.772. The fraction of sp³-hybridized carbons (Fsp3) is 0.316. The van der Waals surface area contributed by atoms with E-state index in [2.05, 4.69) is 0 Å². The lowest BCUT2D eigenvalue weighted by molar-refractivity contribution is -0.147. The number of ketones is 1. The number of hydrogen-bond acceptors (Lipinski definition) is 6. The largest absolute Gasteiger partial charge is 0.457 e. The van der Waals surface area contributed by atoms with E-state index in [4.69, 9.17) is 4.74 Å². The van der Waals surface area contributed by atoms with Gasteiger partial charge in [-0.15, -0.1) is 23.1 Å². The van der Waals surface area contributed by atoms with Crippen molar-refractivity contribution < 1.29 is 19.1 Å². The quantitative estimate of drug-likeness (QED) is 0.429. The van der Waals surface area contributed by atoms with E-state index in [1.54, 1.807) is 22.7 Å². The monoisotopic (exact) mass is 389 g/mol. The fourth-order valence-corrected chi connectivity index (χ4v) is 3.99. The van der Waals surface area contributed by atoms with E-state index < -0.39 is 11.9 Å². The normalized spacial score (nSPS) is 16.8. The highest BCUT2D eigenvalue weighted by atomic mass is 32.2. The van der Waals surface area contributed by atoms with E-state index in [0.29, 0.717) is 4.88 Å². The zero-order chi connectivity index (χ0) is 18.7. The van der Waals surface area contributed by atoms with Gasteiger partial charge in [0.1, 0.15) is 0 Å². The number of rotatable bonds is 6. The van der Waals surface area contributed by atoms with Crippen molar-refractivity contribution in [2.45, 2.75) is 18.2 Å². The zero-order valence-corrected chi connectivity index (χ0v) is 16.2. The molecule has 1 atom stereocenters. The molecule has 1 aliphatic heterocycles. The molecule has 26 heavy (non-hydrogen) atoms. The molecule has 1 unspecified atom stereocenters. The number of ether oxygens (including phenoxy) is 1. The maximum absolute atomic E-state index is 12.3. The lowest BCUT2D eigenvalue weighted by Crippen LogP contribution is -2.27. The molecular weight excluding hydrogens is 370 g/mol. The number of carbonyl (C=O) groups is 3. The van der Waals surface area contributed by atoms with Crippen molar-refractivity contribution in [3.05, 3.63) is 46.2 Å². The summed E-state index contributed by atoms with van der Waals surface area (Å²) in [7, 11) is 0. The first kappa shape index (κ1) is 18.7. The van der Waals surface area contributed by atoms with Crippen LogP contribution in [0.15, 0.2) is 41.3 Å². The maximum atomic E-state index is 12.3. The first-order chi connectivity index (χ1) is 12.5. The van der Waals surface area contributed by atoms with Gasteiger partial charge in [0.05, 0.1) is 10.8 Å². The third-order valence-corrected chi connectivity index (χ3v) is 5.99. The van der Waals surface area contributed by atoms with Crippen LogP contribution in [0.25, 0.3) is 0 Å². The molecule has 2 aromatic rings. The standard InChI is InChI=1S/C19H19NO4S2/c1-12-3-8-17(26-12)16(21)11-24-19(23)13-9-18(22)20(10-13)14-4-6-15(25-2)7-5-14/h3-8,13H,9-11H2,1-2H3. The summed E-state index contributed by atoms with van der Waals surface area (Å²) < 4.78 is 5.16. The summed E-state index contributed by atoms with van der Waals surface area (Å²) >= 11 is 3.00. The number of benzene rings is 1. The van der Waals surface area contributed by atoms with Crippen LogP contribution >= 0.6 is 23.1 Å². The van der Waals surface area contributed by atoms with Crippen molar-refractivity contribution in [2.24, 2.45) is 5.92 Å². The number of hydrogen-bond donors (Lipinski definition) is 0. The van der Waals surface area contributed by atoms with Crippen LogP contribution in [0, 0.1) is 12.8 Å². The molecule has 3 rings (SSSR count). The SMILES string of the molecule is CSc1ccc(N2CC(C(=O)OCC(=O)c3ccc(C)s3)CC2=O)cc1. The molecular formula is C19H19NO4S2. The van der Waals surface area contributed by atoms with Gasteiger partial charge in [0.2, 0.25) is 11.7 Å². The Morgan fingerprint density at radius 1 is 1.23 bits per heavy atom. The molecule has 0 radical (unpaired) electrons. The predicted octanol–water partition coefficient (Wildman–Crippen LogP) is 3.56. The van der Waals surface area contributed by atoms with Crippen molar-refractivity contribution in [1.29, 1.82) is 0 Å². The highest BCUT2D eigenvalue weighted by Gasteiger charge is 2.36. The highest BCUT2D eigenvalue weighted by Crippen LogP contribution is 2.27. The maximum Gasteiger partial charge on any atom is 0.311 e. The number of anilines is 1. The molecule has 136 valence electrons. The molecule has 7 heteroatoms. The van der Waals surface area contributed by atoms with E-state index in [-0.39, 0.29) is 31.3 Å². The van der Waals surface area contributed by atoms with E-state index >= 15 is 0 Å². The van der Waals surface area contributed by atoms with Crippen LogP contribution in [0.4, 0.5) is 5.69 Å². The van der Waals surface area contributed by atoms with Crippen molar-refractivity contribution in [3.63, 3.8) is 0 Å². The molecule has 1 saturated heterocycles.